The van der Waals surface area contributed by atoms with Gasteiger partial charge in [0.2, 0.25) is 0 Å². The molecule has 0 aliphatic heterocycles. The first-order valence-corrected chi connectivity index (χ1v) is 6.99. The van der Waals surface area contributed by atoms with E-state index in [-0.39, 0.29) is 11.3 Å². The SMILES string of the molecule is COc1cc(F)c(C(=O)c2ccc(C)cc2Br)cc1OC. The number of hydrogen-bond donors (Lipinski definition) is 0. The largest absolute Gasteiger partial charge is 0.493 e. The summed E-state index contributed by atoms with van der Waals surface area (Å²) in [4.78, 5) is 12.5. The number of methoxy groups -OCH3 is 2. The Hall–Kier alpha value is -1.88. The van der Waals surface area contributed by atoms with Crippen molar-refractivity contribution in [1.29, 1.82) is 0 Å². The second-order valence-electron chi connectivity index (χ2n) is 4.50. The maximum absolute atomic E-state index is 14.1. The number of hydrogen-bond acceptors (Lipinski definition) is 3. The van der Waals surface area contributed by atoms with Crippen LogP contribution >= 0.6 is 15.9 Å². The molecule has 0 aromatic heterocycles. The molecule has 2 rings (SSSR count). The fourth-order valence-electron chi connectivity index (χ4n) is 1.98. The van der Waals surface area contributed by atoms with Crippen LogP contribution in [-0.4, -0.2) is 20.0 Å². The first-order valence-electron chi connectivity index (χ1n) is 6.20. The van der Waals surface area contributed by atoms with Crippen LogP contribution in [0.4, 0.5) is 4.39 Å². The number of benzene rings is 2. The summed E-state index contributed by atoms with van der Waals surface area (Å²) in [5.74, 6) is -0.509. The molecule has 0 radical (unpaired) electrons. The van der Waals surface area contributed by atoms with Crippen molar-refractivity contribution in [3.63, 3.8) is 0 Å². The highest BCUT2D eigenvalue weighted by atomic mass is 79.9. The van der Waals surface area contributed by atoms with Crippen LogP contribution in [-0.2, 0) is 0 Å². The van der Waals surface area contributed by atoms with Gasteiger partial charge < -0.3 is 9.47 Å². The van der Waals surface area contributed by atoms with E-state index in [0.29, 0.717) is 15.8 Å². The summed E-state index contributed by atoms with van der Waals surface area (Å²) >= 11 is 3.33. The molecule has 2 aromatic carbocycles. The highest BCUT2D eigenvalue weighted by Crippen LogP contribution is 2.32. The Morgan fingerprint density at radius 3 is 2.24 bits per heavy atom. The third-order valence-electron chi connectivity index (χ3n) is 3.09. The molecular formula is C16H14BrFO3. The van der Waals surface area contributed by atoms with E-state index in [9.17, 15) is 9.18 Å². The molecule has 0 heterocycles. The predicted octanol–water partition coefficient (Wildman–Crippen LogP) is 4.14. The van der Waals surface area contributed by atoms with Crippen molar-refractivity contribution >= 4 is 21.7 Å². The summed E-state index contributed by atoms with van der Waals surface area (Å²) in [6, 6.07) is 7.78. The van der Waals surface area contributed by atoms with Gasteiger partial charge in [-0.15, -0.1) is 0 Å². The zero-order chi connectivity index (χ0) is 15.6. The molecule has 3 nitrogen and oxygen atoms in total. The Labute approximate surface area is 130 Å². The Kier molecular flexibility index (Phi) is 4.63. The van der Waals surface area contributed by atoms with Gasteiger partial charge in [0.15, 0.2) is 17.3 Å². The van der Waals surface area contributed by atoms with E-state index >= 15 is 0 Å². The smallest absolute Gasteiger partial charge is 0.197 e. The average molecular weight is 353 g/mol. The van der Waals surface area contributed by atoms with Gasteiger partial charge in [-0.1, -0.05) is 22.0 Å². The monoisotopic (exact) mass is 352 g/mol. The second-order valence-corrected chi connectivity index (χ2v) is 5.35. The number of halogens is 2. The van der Waals surface area contributed by atoms with Gasteiger partial charge >= 0.3 is 0 Å². The zero-order valence-electron chi connectivity index (χ0n) is 11.9. The van der Waals surface area contributed by atoms with Gasteiger partial charge in [0.25, 0.3) is 0 Å². The van der Waals surface area contributed by atoms with Crippen LogP contribution < -0.4 is 9.47 Å². The number of aryl methyl sites for hydroxylation is 1. The molecule has 21 heavy (non-hydrogen) atoms. The molecule has 0 spiro atoms. The standard InChI is InChI=1S/C16H14BrFO3/c1-9-4-5-10(12(17)6-9)16(19)11-7-14(20-2)15(21-3)8-13(11)18/h4-8H,1-3H3. The quantitative estimate of drug-likeness (QED) is 0.775. The molecule has 2 aromatic rings. The molecule has 0 saturated carbocycles. The number of rotatable bonds is 4. The van der Waals surface area contributed by atoms with E-state index < -0.39 is 11.6 Å². The summed E-state index contributed by atoms with van der Waals surface area (Å²) in [5, 5.41) is 0. The van der Waals surface area contributed by atoms with Crippen LogP contribution in [0.2, 0.25) is 0 Å². The van der Waals surface area contributed by atoms with Gasteiger partial charge in [-0.05, 0) is 30.7 Å². The molecule has 0 aliphatic carbocycles. The fraction of sp³-hybridized carbons (Fsp3) is 0.188. The van der Waals surface area contributed by atoms with E-state index in [1.54, 1.807) is 12.1 Å². The molecule has 0 fully saturated rings. The molecule has 110 valence electrons. The molecule has 0 unspecified atom stereocenters. The Bertz CT molecular complexity index is 698. The lowest BCUT2D eigenvalue weighted by atomic mass is 10.0. The third-order valence-corrected chi connectivity index (χ3v) is 3.74. The topological polar surface area (TPSA) is 35.5 Å². The Balaban J connectivity index is 2.53. The highest BCUT2D eigenvalue weighted by Gasteiger charge is 2.20. The highest BCUT2D eigenvalue weighted by molar-refractivity contribution is 9.10. The number of carbonyl (C=O) groups excluding carboxylic acids is 1. The van der Waals surface area contributed by atoms with Crippen molar-refractivity contribution in [1.82, 2.24) is 0 Å². The van der Waals surface area contributed by atoms with Crippen molar-refractivity contribution in [3.8, 4) is 11.5 Å². The first kappa shape index (κ1) is 15.5. The fourth-order valence-corrected chi connectivity index (χ4v) is 2.65. The number of ether oxygens (including phenoxy) is 2. The van der Waals surface area contributed by atoms with E-state index in [4.69, 9.17) is 9.47 Å². The van der Waals surface area contributed by atoms with Crippen molar-refractivity contribution in [2.24, 2.45) is 0 Å². The molecule has 0 saturated heterocycles. The summed E-state index contributed by atoms with van der Waals surface area (Å²) in [7, 11) is 2.85. The second kappa shape index (κ2) is 6.26. The normalized spacial score (nSPS) is 10.3. The van der Waals surface area contributed by atoms with Gasteiger partial charge in [-0.3, -0.25) is 4.79 Å². The van der Waals surface area contributed by atoms with Crippen LogP contribution in [0.1, 0.15) is 21.5 Å². The van der Waals surface area contributed by atoms with Crippen LogP contribution in [0.3, 0.4) is 0 Å². The van der Waals surface area contributed by atoms with E-state index in [2.05, 4.69) is 15.9 Å². The lowest BCUT2D eigenvalue weighted by molar-refractivity contribution is 0.103. The summed E-state index contributed by atoms with van der Waals surface area (Å²) < 4.78 is 24.9. The number of ketones is 1. The zero-order valence-corrected chi connectivity index (χ0v) is 13.5. The maximum Gasteiger partial charge on any atom is 0.197 e. The molecule has 0 amide bonds. The minimum atomic E-state index is -0.648. The average Bonchev–Trinajstić information content (AvgIpc) is 2.46. The Morgan fingerprint density at radius 1 is 1.05 bits per heavy atom. The molecule has 0 aliphatic rings. The lowest BCUT2D eigenvalue weighted by Gasteiger charge is -2.11. The number of carbonyl (C=O) groups is 1. The minimum Gasteiger partial charge on any atom is -0.493 e. The molecule has 0 bridgehead atoms. The van der Waals surface area contributed by atoms with Gasteiger partial charge in [-0.25, -0.2) is 4.39 Å². The predicted molar refractivity (Wildman–Crippen MR) is 81.8 cm³/mol. The molecule has 0 atom stereocenters. The van der Waals surface area contributed by atoms with Crippen LogP contribution in [0.5, 0.6) is 11.5 Å². The summed E-state index contributed by atoms with van der Waals surface area (Å²) in [5.41, 5.74) is 1.34. The van der Waals surface area contributed by atoms with Gasteiger partial charge in [0, 0.05) is 16.1 Å². The van der Waals surface area contributed by atoms with Crippen LogP contribution in [0, 0.1) is 12.7 Å². The molecule has 5 heteroatoms. The Morgan fingerprint density at radius 2 is 1.67 bits per heavy atom. The lowest BCUT2D eigenvalue weighted by Crippen LogP contribution is -2.06. The van der Waals surface area contributed by atoms with Crippen molar-refractivity contribution in [3.05, 3.63) is 57.3 Å². The minimum absolute atomic E-state index is 0.0581. The molecule has 0 N–H and O–H groups in total. The van der Waals surface area contributed by atoms with Crippen LogP contribution in [0.25, 0.3) is 0 Å². The molecular weight excluding hydrogens is 339 g/mol. The van der Waals surface area contributed by atoms with Gasteiger partial charge in [-0.2, -0.15) is 0 Å². The third kappa shape index (κ3) is 3.08. The summed E-state index contributed by atoms with van der Waals surface area (Å²) in [6.45, 7) is 1.91. The van der Waals surface area contributed by atoms with Gasteiger partial charge in [0.1, 0.15) is 5.82 Å². The summed E-state index contributed by atoms with van der Waals surface area (Å²) in [6.07, 6.45) is 0. The maximum atomic E-state index is 14.1. The van der Waals surface area contributed by atoms with Crippen LogP contribution in [0.15, 0.2) is 34.8 Å². The van der Waals surface area contributed by atoms with E-state index in [1.165, 1.54) is 20.3 Å². The van der Waals surface area contributed by atoms with E-state index in [1.807, 2.05) is 13.0 Å². The van der Waals surface area contributed by atoms with Gasteiger partial charge in [0.05, 0.1) is 19.8 Å². The van der Waals surface area contributed by atoms with E-state index in [0.717, 1.165) is 11.6 Å². The van der Waals surface area contributed by atoms with Crippen molar-refractivity contribution < 1.29 is 18.7 Å². The van der Waals surface area contributed by atoms with Crippen molar-refractivity contribution in [2.45, 2.75) is 6.92 Å². The van der Waals surface area contributed by atoms with Crippen molar-refractivity contribution in [2.75, 3.05) is 14.2 Å². The first-order chi connectivity index (χ1) is 9.97.